The minimum atomic E-state index is -5.25. The molecule has 0 rings (SSSR count). The summed E-state index contributed by atoms with van der Waals surface area (Å²) in [6.45, 7) is 0. The summed E-state index contributed by atoms with van der Waals surface area (Å²) in [5, 5.41) is 0.194. The predicted octanol–water partition coefficient (Wildman–Crippen LogP) is 0.0674. The van der Waals surface area contributed by atoms with Gasteiger partial charge < -0.3 is 0 Å². The van der Waals surface area contributed by atoms with Crippen LogP contribution in [0.25, 0.3) is 0 Å². The van der Waals surface area contributed by atoms with Gasteiger partial charge in [0.25, 0.3) is 0 Å². The molecule has 0 fully saturated rings. The van der Waals surface area contributed by atoms with E-state index in [-0.39, 0.29) is 5.34 Å². The summed E-state index contributed by atoms with van der Waals surface area (Å²) in [7, 11) is 0. The van der Waals surface area contributed by atoms with Gasteiger partial charge in [-0.1, -0.05) is 0 Å². The van der Waals surface area contributed by atoms with E-state index in [9.17, 15) is 0 Å². The Hall–Kier alpha value is 0.632. The van der Waals surface area contributed by atoms with Gasteiger partial charge in [-0.15, -0.1) is 23.2 Å². The van der Waals surface area contributed by atoms with Crippen molar-refractivity contribution < 1.29 is 29.5 Å². The zero-order chi connectivity index (χ0) is 7.21. The van der Waals surface area contributed by atoms with Gasteiger partial charge in [0.1, 0.15) is 0 Å². The van der Waals surface area contributed by atoms with Crippen molar-refractivity contribution in [1.29, 1.82) is 0 Å². The van der Waals surface area contributed by atoms with Crippen LogP contribution < -0.4 is 0 Å². The van der Waals surface area contributed by atoms with E-state index in [1.165, 1.54) is 0 Å². The van der Waals surface area contributed by atoms with Crippen LogP contribution in [-0.2, 0) is 21.2 Å². The molecule has 0 aromatic rings. The minimum absolute atomic E-state index is 0.194. The number of rotatable bonds is 0. The van der Waals surface area contributed by atoms with Crippen molar-refractivity contribution in [2.75, 3.05) is 5.34 Å². The summed E-state index contributed by atoms with van der Waals surface area (Å²) in [5.41, 5.74) is 0. The van der Waals surface area contributed by atoms with Crippen molar-refractivity contribution in [1.82, 2.24) is 0 Å². The molecule has 52 valence electrons. The Morgan fingerprint density at radius 1 is 1.25 bits per heavy atom. The van der Waals surface area contributed by atoms with Crippen LogP contribution in [0.5, 0.6) is 0 Å². The van der Waals surface area contributed by atoms with Gasteiger partial charge in [-0.2, -0.15) is 0 Å². The number of hydrogen-bond acceptors (Lipinski definition) is 2. The Morgan fingerprint density at radius 2 is 1.25 bits per heavy atom. The number of hydrogen-bond donors (Lipinski definition) is 2. The van der Waals surface area contributed by atoms with Gasteiger partial charge in [-0.3, -0.25) is 0 Å². The van der Waals surface area contributed by atoms with E-state index in [0.29, 0.717) is 0 Å². The SMILES string of the molecule is ClCCl.[O]=[Cr](=[O])([OH])[OH]. The molecule has 0 saturated carbocycles. The maximum absolute atomic E-state index is 8.82. The average Bonchev–Trinajstić information content (AvgIpc) is 1.27. The van der Waals surface area contributed by atoms with Gasteiger partial charge in [0.15, 0.2) is 0 Å². The van der Waals surface area contributed by atoms with E-state index in [1.807, 2.05) is 0 Å². The summed E-state index contributed by atoms with van der Waals surface area (Å²) >= 11 is 4.28. The van der Waals surface area contributed by atoms with E-state index < -0.39 is 13.6 Å². The standard InChI is InChI=1S/CH2Cl2.Cr.2H2O.2O/c2-1-3;;;;;/h1H2;;2*1H2;;/q;+2;;;;/p-2. The first-order valence-corrected chi connectivity index (χ1v) is 4.48. The fourth-order valence-electron chi connectivity index (χ4n) is 0. The molecule has 0 amide bonds. The molecule has 0 saturated heterocycles. The molecule has 0 unspecified atom stereocenters. The molecule has 0 aromatic carbocycles. The van der Waals surface area contributed by atoms with Crippen molar-refractivity contribution >= 4 is 23.2 Å². The third-order valence-corrected chi connectivity index (χ3v) is 0. The Kier molecular flexibility index (Phi) is 8.24. The van der Waals surface area contributed by atoms with Gasteiger partial charge in [-0.05, 0) is 0 Å². The summed E-state index contributed by atoms with van der Waals surface area (Å²) < 4.78 is 31.9. The van der Waals surface area contributed by atoms with Crippen molar-refractivity contribution in [3.63, 3.8) is 0 Å². The van der Waals surface area contributed by atoms with E-state index in [0.717, 1.165) is 0 Å². The van der Waals surface area contributed by atoms with Crippen molar-refractivity contribution in [3.05, 3.63) is 0 Å². The van der Waals surface area contributed by atoms with Crippen LogP contribution >= 0.6 is 23.2 Å². The topological polar surface area (TPSA) is 74.6 Å². The predicted molar refractivity (Wildman–Crippen MR) is 22.4 cm³/mol. The first kappa shape index (κ1) is 11.4. The van der Waals surface area contributed by atoms with Crippen LogP contribution in [-0.4, -0.2) is 13.7 Å². The molecule has 4 nitrogen and oxygen atoms in total. The molecule has 0 atom stereocenters. The first-order chi connectivity index (χ1) is 3.41. The number of alkyl halides is 2. The maximum atomic E-state index is 8.82. The van der Waals surface area contributed by atoms with E-state index in [2.05, 4.69) is 0 Å². The van der Waals surface area contributed by atoms with Crippen molar-refractivity contribution in [2.45, 2.75) is 0 Å². The van der Waals surface area contributed by atoms with Gasteiger partial charge >= 0.3 is 29.5 Å². The molecule has 2 N–H and O–H groups in total. The monoisotopic (exact) mass is 202 g/mol. The second-order valence-corrected chi connectivity index (χ2v) is 2.76. The van der Waals surface area contributed by atoms with E-state index >= 15 is 0 Å². The van der Waals surface area contributed by atoms with Crippen molar-refractivity contribution in [2.24, 2.45) is 0 Å². The molecule has 0 aromatic heterocycles. The van der Waals surface area contributed by atoms with Crippen LogP contribution in [0.2, 0.25) is 0 Å². The number of halogens is 2. The zero-order valence-corrected chi connectivity index (χ0v) is 6.37. The third-order valence-electron chi connectivity index (χ3n) is 0. The quantitative estimate of drug-likeness (QED) is 0.546. The molecule has 0 radical (unpaired) electrons. The summed E-state index contributed by atoms with van der Waals surface area (Å²) in [6.07, 6.45) is 0. The molecule has 0 aliphatic heterocycles. The molecule has 0 heterocycles. The fourth-order valence-corrected chi connectivity index (χ4v) is 0. The summed E-state index contributed by atoms with van der Waals surface area (Å²) in [4.78, 5) is 0. The van der Waals surface area contributed by atoms with Gasteiger partial charge in [0.05, 0.1) is 5.34 Å². The third kappa shape index (κ3) is 526. The van der Waals surface area contributed by atoms with Gasteiger partial charge in [0, 0.05) is 0 Å². The van der Waals surface area contributed by atoms with Crippen LogP contribution in [0, 0.1) is 0 Å². The summed E-state index contributed by atoms with van der Waals surface area (Å²) in [6, 6.07) is 0. The zero-order valence-electron chi connectivity index (χ0n) is 3.58. The molecule has 0 bridgehead atoms. The Morgan fingerprint density at radius 3 is 1.25 bits per heavy atom. The Balaban J connectivity index is 0. The molecule has 7 heteroatoms. The Bertz CT molecular complexity index is 108. The summed E-state index contributed by atoms with van der Waals surface area (Å²) in [5.74, 6) is 0. The molecule has 0 spiro atoms. The van der Waals surface area contributed by atoms with Crippen LogP contribution in [0.4, 0.5) is 0 Å². The van der Waals surface area contributed by atoms with Gasteiger partial charge in [-0.25, -0.2) is 0 Å². The van der Waals surface area contributed by atoms with Gasteiger partial charge in [0.2, 0.25) is 0 Å². The second kappa shape index (κ2) is 5.76. The molecule has 0 aliphatic carbocycles. The normalized spacial score (nSPS) is 9.50. The Labute approximate surface area is 58.4 Å². The molecule has 0 aliphatic rings. The van der Waals surface area contributed by atoms with E-state index in [4.69, 9.17) is 39.1 Å². The van der Waals surface area contributed by atoms with E-state index in [1.54, 1.807) is 0 Å². The molecular formula is CH4Cl2CrO4. The van der Waals surface area contributed by atoms with Crippen LogP contribution in [0.1, 0.15) is 0 Å². The first-order valence-electron chi connectivity index (χ1n) is 1.23. The second-order valence-electron chi connectivity index (χ2n) is 0.549. The van der Waals surface area contributed by atoms with Crippen LogP contribution in [0.15, 0.2) is 0 Å². The van der Waals surface area contributed by atoms with Crippen LogP contribution in [0.3, 0.4) is 0 Å². The molecule has 8 heavy (non-hydrogen) atoms. The molecular weight excluding hydrogens is 199 g/mol. The fraction of sp³-hybridized carbons (Fsp3) is 1.00. The van der Waals surface area contributed by atoms with Crippen molar-refractivity contribution in [3.8, 4) is 0 Å². The average molecular weight is 203 g/mol.